The Morgan fingerprint density at radius 3 is 2.59 bits per heavy atom. The van der Waals surface area contributed by atoms with Crippen molar-refractivity contribution in [3.8, 4) is 0 Å². The van der Waals surface area contributed by atoms with Crippen molar-refractivity contribution in [1.82, 2.24) is 4.90 Å². The fraction of sp³-hybridized carbons (Fsp3) is 0.462. The predicted molar refractivity (Wildman–Crippen MR) is 69.3 cm³/mol. The van der Waals surface area contributed by atoms with E-state index in [-0.39, 0.29) is 5.91 Å². The van der Waals surface area contributed by atoms with Crippen LogP contribution in [0.15, 0.2) is 30.3 Å². The Balaban J connectivity index is 2.52. The highest BCUT2D eigenvalue weighted by Gasteiger charge is 2.12. The van der Waals surface area contributed by atoms with Crippen LogP contribution in [-0.2, 0) is 16.0 Å². The Bertz CT molecular complexity index is 329. The van der Waals surface area contributed by atoms with Crippen LogP contribution in [0.3, 0.4) is 0 Å². The van der Waals surface area contributed by atoms with Gasteiger partial charge in [-0.05, 0) is 5.56 Å². The Kier molecular flexibility index (Phi) is 6.67. The van der Waals surface area contributed by atoms with E-state index >= 15 is 0 Å². The van der Waals surface area contributed by atoms with Crippen LogP contribution in [0.25, 0.3) is 0 Å². The van der Waals surface area contributed by atoms with Crippen LogP contribution in [0.2, 0.25) is 0 Å². The first kappa shape index (κ1) is 14.0. The third-order valence-electron chi connectivity index (χ3n) is 2.47. The molecule has 0 unspecified atom stereocenters. The van der Waals surface area contributed by atoms with Crippen molar-refractivity contribution in [3.05, 3.63) is 35.9 Å². The van der Waals surface area contributed by atoms with Crippen LogP contribution in [0.5, 0.6) is 0 Å². The molecule has 0 saturated carbocycles. The van der Waals surface area contributed by atoms with Crippen LogP contribution in [0.1, 0.15) is 5.56 Å². The number of nitrogens with zero attached hydrogens (tertiary/aromatic N) is 1. The number of hydrogen-bond acceptors (Lipinski definition) is 2. The summed E-state index contributed by atoms with van der Waals surface area (Å²) >= 11 is 5.69. The van der Waals surface area contributed by atoms with Gasteiger partial charge in [-0.1, -0.05) is 30.3 Å². The zero-order chi connectivity index (χ0) is 12.5. The summed E-state index contributed by atoms with van der Waals surface area (Å²) in [5.41, 5.74) is 1.02. The molecule has 0 fully saturated rings. The molecule has 3 nitrogen and oxygen atoms in total. The molecular weight excluding hydrogens is 238 g/mol. The van der Waals surface area contributed by atoms with Crippen molar-refractivity contribution < 1.29 is 9.53 Å². The molecule has 0 aliphatic heterocycles. The second-order valence-corrected chi connectivity index (χ2v) is 4.10. The molecule has 0 saturated heterocycles. The smallest absolute Gasteiger partial charge is 0.227 e. The van der Waals surface area contributed by atoms with Gasteiger partial charge in [0.25, 0.3) is 0 Å². The normalized spacial score (nSPS) is 10.2. The Hall–Kier alpha value is -1.06. The van der Waals surface area contributed by atoms with Crippen LogP contribution in [0, 0.1) is 0 Å². The summed E-state index contributed by atoms with van der Waals surface area (Å²) < 4.78 is 4.98. The van der Waals surface area contributed by atoms with E-state index < -0.39 is 0 Å². The topological polar surface area (TPSA) is 29.5 Å². The minimum Gasteiger partial charge on any atom is -0.383 e. The van der Waals surface area contributed by atoms with Gasteiger partial charge in [-0.2, -0.15) is 0 Å². The number of amides is 1. The number of halogens is 1. The molecule has 94 valence electrons. The highest BCUT2D eigenvalue weighted by atomic mass is 35.5. The van der Waals surface area contributed by atoms with Gasteiger partial charge in [-0.3, -0.25) is 4.79 Å². The number of carbonyl (C=O) groups excluding carboxylic acids is 1. The van der Waals surface area contributed by atoms with E-state index in [9.17, 15) is 4.79 Å². The summed E-state index contributed by atoms with van der Waals surface area (Å²) in [5.74, 6) is 0.540. The quantitative estimate of drug-likeness (QED) is 0.697. The molecular formula is C13H18ClNO2. The molecule has 0 N–H and O–H groups in total. The Labute approximate surface area is 107 Å². The monoisotopic (exact) mass is 255 g/mol. The van der Waals surface area contributed by atoms with Gasteiger partial charge in [0, 0.05) is 26.1 Å². The lowest BCUT2D eigenvalue weighted by atomic mass is 10.1. The third kappa shape index (κ3) is 5.20. The number of alkyl halides is 1. The standard InChI is InChI=1S/C13H18ClNO2/c1-17-10-9-15(8-7-14)13(16)11-12-5-3-2-4-6-12/h2-6H,7-11H2,1H3. The molecule has 0 aromatic heterocycles. The maximum Gasteiger partial charge on any atom is 0.227 e. The number of carbonyl (C=O) groups is 1. The maximum atomic E-state index is 12.0. The number of hydrogen-bond donors (Lipinski definition) is 0. The molecule has 0 bridgehead atoms. The van der Waals surface area contributed by atoms with Gasteiger partial charge in [-0.15, -0.1) is 11.6 Å². The van der Waals surface area contributed by atoms with Gasteiger partial charge in [0.15, 0.2) is 0 Å². The Morgan fingerprint density at radius 2 is 2.00 bits per heavy atom. The average Bonchev–Trinajstić information content (AvgIpc) is 2.35. The number of benzene rings is 1. The molecule has 1 aromatic carbocycles. The van der Waals surface area contributed by atoms with E-state index in [0.717, 1.165) is 5.56 Å². The predicted octanol–water partition coefficient (Wildman–Crippen LogP) is 1.94. The lowest BCUT2D eigenvalue weighted by Crippen LogP contribution is -2.36. The van der Waals surface area contributed by atoms with E-state index in [1.807, 2.05) is 30.3 Å². The lowest BCUT2D eigenvalue weighted by Gasteiger charge is -2.21. The summed E-state index contributed by atoms with van der Waals surface area (Å²) in [6, 6.07) is 9.71. The largest absolute Gasteiger partial charge is 0.383 e. The van der Waals surface area contributed by atoms with E-state index in [1.54, 1.807) is 12.0 Å². The minimum absolute atomic E-state index is 0.0916. The fourth-order valence-electron chi connectivity index (χ4n) is 1.55. The summed E-state index contributed by atoms with van der Waals surface area (Å²) in [6.45, 7) is 1.70. The molecule has 0 radical (unpaired) electrons. The van der Waals surface area contributed by atoms with Crippen LogP contribution in [0.4, 0.5) is 0 Å². The van der Waals surface area contributed by atoms with Gasteiger partial charge < -0.3 is 9.64 Å². The first-order valence-electron chi connectivity index (χ1n) is 5.64. The number of methoxy groups -OCH3 is 1. The lowest BCUT2D eigenvalue weighted by molar-refractivity contribution is -0.130. The van der Waals surface area contributed by atoms with Gasteiger partial charge in [-0.25, -0.2) is 0 Å². The molecule has 0 heterocycles. The number of ether oxygens (including phenoxy) is 1. The van der Waals surface area contributed by atoms with E-state index in [2.05, 4.69) is 0 Å². The first-order valence-corrected chi connectivity index (χ1v) is 6.18. The second kappa shape index (κ2) is 8.09. The van der Waals surface area contributed by atoms with Gasteiger partial charge in [0.2, 0.25) is 5.91 Å². The Morgan fingerprint density at radius 1 is 1.29 bits per heavy atom. The van der Waals surface area contributed by atoms with Crippen molar-refractivity contribution in [2.75, 3.05) is 32.7 Å². The minimum atomic E-state index is 0.0916. The molecule has 0 atom stereocenters. The summed E-state index contributed by atoms with van der Waals surface area (Å²) in [5, 5.41) is 0. The molecule has 0 spiro atoms. The highest BCUT2D eigenvalue weighted by molar-refractivity contribution is 6.18. The van der Waals surface area contributed by atoms with Crippen LogP contribution >= 0.6 is 11.6 Å². The van der Waals surface area contributed by atoms with Gasteiger partial charge in [0.05, 0.1) is 13.0 Å². The SMILES string of the molecule is COCCN(CCCl)C(=O)Cc1ccccc1. The molecule has 1 amide bonds. The zero-order valence-corrected chi connectivity index (χ0v) is 10.8. The second-order valence-electron chi connectivity index (χ2n) is 3.72. The third-order valence-corrected chi connectivity index (χ3v) is 2.64. The van der Waals surface area contributed by atoms with Crippen molar-refractivity contribution in [3.63, 3.8) is 0 Å². The molecule has 1 rings (SSSR count). The summed E-state index contributed by atoms with van der Waals surface area (Å²) in [6.07, 6.45) is 0.418. The van der Waals surface area contributed by atoms with Gasteiger partial charge in [0.1, 0.15) is 0 Å². The van der Waals surface area contributed by atoms with Gasteiger partial charge >= 0.3 is 0 Å². The molecule has 4 heteroatoms. The van der Waals surface area contributed by atoms with Crippen molar-refractivity contribution >= 4 is 17.5 Å². The van der Waals surface area contributed by atoms with Crippen molar-refractivity contribution in [2.24, 2.45) is 0 Å². The molecule has 0 aliphatic carbocycles. The maximum absolute atomic E-state index is 12.0. The fourth-order valence-corrected chi connectivity index (χ4v) is 1.75. The van der Waals surface area contributed by atoms with Crippen LogP contribution in [-0.4, -0.2) is 43.5 Å². The first-order chi connectivity index (χ1) is 8.27. The molecule has 0 aliphatic rings. The van der Waals surface area contributed by atoms with Crippen molar-refractivity contribution in [2.45, 2.75) is 6.42 Å². The average molecular weight is 256 g/mol. The van der Waals surface area contributed by atoms with E-state index in [1.165, 1.54) is 0 Å². The van der Waals surface area contributed by atoms with Crippen LogP contribution < -0.4 is 0 Å². The zero-order valence-electron chi connectivity index (χ0n) is 10.1. The highest BCUT2D eigenvalue weighted by Crippen LogP contribution is 2.03. The van der Waals surface area contributed by atoms with E-state index in [0.29, 0.717) is 32.0 Å². The molecule has 1 aromatic rings. The molecule has 17 heavy (non-hydrogen) atoms. The number of rotatable bonds is 7. The summed E-state index contributed by atoms with van der Waals surface area (Å²) in [4.78, 5) is 13.8. The van der Waals surface area contributed by atoms with Crippen molar-refractivity contribution in [1.29, 1.82) is 0 Å². The summed E-state index contributed by atoms with van der Waals surface area (Å²) in [7, 11) is 1.63. The van der Waals surface area contributed by atoms with E-state index in [4.69, 9.17) is 16.3 Å².